The van der Waals surface area contributed by atoms with E-state index in [0.717, 1.165) is 11.1 Å². The molecule has 3 heterocycles. The number of rotatable bonds is 6. The van der Waals surface area contributed by atoms with E-state index in [9.17, 15) is 4.39 Å². The van der Waals surface area contributed by atoms with E-state index in [4.69, 9.17) is 5.73 Å². The van der Waals surface area contributed by atoms with Gasteiger partial charge in [0.25, 0.3) is 0 Å². The first kappa shape index (κ1) is 19.6. The van der Waals surface area contributed by atoms with Gasteiger partial charge in [0.15, 0.2) is 5.65 Å². The molecule has 0 atom stereocenters. The standard InChI is InChI=1S/C24H20FN7/c25-19-10-4-9-18(12-19)21-20-22(26)32(15-16-6-2-1-3-7-16)31-23(20)30-24(29-21)28-14-17-8-5-11-27-13-17/h1-13H,14-15,26H2,(H,28,30,31). The number of nitrogens with one attached hydrogen (secondary N) is 1. The van der Waals surface area contributed by atoms with Crippen LogP contribution < -0.4 is 11.1 Å². The molecular weight excluding hydrogens is 405 g/mol. The minimum absolute atomic E-state index is 0.352. The first-order chi connectivity index (χ1) is 15.7. The zero-order valence-electron chi connectivity index (χ0n) is 17.1. The molecule has 0 fully saturated rings. The molecule has 3 N–H and O–H groups in total. The average Bonchev–Trinajstić information content (AvgIpc) is 3.13. The van der Waals surface area contributed by atoms with Gasteiger partial charge in [0.05, 0.1) is 17.6 Å². The van der Waals surface area contributed by atoms with Crippen molar-refractivity contribution in [2.45, 2.75) is 13.1 Å². The third-order valence-corrected chi connectivity index (χ3v) is 5.09. The Morgan fingerprint density at radius 3 is 2.56 bits per heavy atom. The smallest absolute Gasteiger partial charge is 0.225 e. The molecule has 0 unspecified atom stereocenters. The molecule has 7 nitrogen and oxygen atoms in total. The lowest BCUT2D eigenvalue weighted by Crippen LogP contribution is -2.05. The fourth-order valence-electron chi connectivity index (χ4n) is 3.54. The fourth-order valence-corrected chi connectivity index (χ4v) is 3.54. The van der Waals surface area contributed by atoms with Crippen molar-refractivity contribution in [1.82, 2.24) is 24.7 Å². The van der Waals surface area contributed by atoms with E-state index in [1.807, 2.05) is 42.5 Å². The third-order valence-electron chi connectivity index (χ3n) is 5.09. The molecule has 0 aliphatic carbocycles. The van der Waals surface area contributed by atoms with Crippen molar-refractivity contribution >= 4 is 22.8 Å². The molecule has 0 aliphatic rings. The summed E-state index contributed by atoms with van der Waals surface area (Å²) in [6.45, 7) is 0.978. The predicted molar refractivity (Wildman–Crippen MR) is 122 cm³/mol. The Morgan fingerprint density at radius 1 is 0.938 bits per heavy atom. The topological polar surface area (TPSA) is 94.5 Å². The number of fused-ring (bicyclic) bond motifs is 1. The molecule has 0 saturated heterocycles. The first-order valence-corrected chi connectivity index (χ1v) is 10.1. The Balaban J connectivity index is 1.60. The highest BCUT2D eigenvalue weighted by atomic mass is 19.1. The number of benzene rings is 2. The minimum atomic E-state index is -0.352. The Morgan fingerprint density at radius 2 is 1.78 bits per heavy atom. The van der Waals surface area contributed by atoms with Crippen LogP contribution in [0.4, 0.5) is 16.2 Å². The van der Waals surface area contributed by atoms with Crippen molar-refractivity contribution < 1.29 is 4.39 Å². The number of hydrogen-bond acceptors (Lipinski definition) is 6. The first-order valence-electron chi connectivity index (χ1n) is 10.1. The molecule has 8 heteroatoms. The molecule has 32 heavy (non-hydrogen) atoms. The van der Waals surface area contributed by atoms with Crippen molar-refractivity contribution in [2.75, 3.05) is 11.1 Å². The Labute approximate surface area is 183 Å². The van der Waals surface area contributed by atoms with Crippen LogP contribution in [0.3, 0.4) is 0 Å². The second-order valence-electron chi connectivity index (χ2n) is 7.35. The Bertz CT molecular complexity index is 1370. The summed E-state index contributed by atoms with van der Waals surface area (Å²) in [4.78, 5) is 13.4. The molecule has 0 aliphatic heterocycles. The van der Waals surface area contributed by atoms with Gasteiger partial charge in [0.2, 0.25) is 5.95 Å². The van der Waals surface area contributed by atoms with Crippen LogP contribution in [0.5, 0.6) is 0 Å². The summed E-state index contributed by atoms with van der Waals surface area (Å²) in [7, 11) is 0. The number of nitrogens with zero attached hydrogens (tertiary/aromatic N) is 5. The highest BCUT2D eigenvalue weighted by Crippen LogP contribution is 2.32. The zero-order valence-corrected chi connectivity index (χ0v) is 17.1. The molecule has 5 rings (SSSR count). The summed E-state index contributed by atoms with van der Waals surface area (Å²) < 4.78 is 15.7. The highest BCUT2D eigenvalue weighted by Gasteiger charge is 2.19. The Hall–Kier alpha value is -4.33. The van der Waals surface area contributed by atoms with Crippen LogP contribution in [0, 0.1) is 5.82 Å². The van der Waals surface area contributed by atoms with E-state index >= 15 is 0 Å². The second kappa shape index (κ2) is 8.43. The highest BCUT2D eigenvalue weighted by molar-refractivity contribution is 5.98. The number of nitrogens with two attached hydrogens (primary N) is 1. The summed E-state index contributed by atoms with van der Waals surface area (Å²) in [5.74, 6) is 0.460. The molecule has 2 aromatic carbocycles. The van der Waals surface area contributed by atoms with Crippen LogP contribution in [0.25, 0.3) is 22.3 Å². The van der Waals surface area contributed by atoms with E-state index in [0.29, 0.717) is 47.1 Å². The van der Waals surface area contributed by atoms with E-state index in [1.54, 1.807) is 29.2 Å². The van der Waals surface area contributed by atoms with Gasteiger partial charge in [-0.2, -0.15) is 4.98 Å². The lowest BCUT2D eigenvalue weighted by molar-refractivity contribution is 0.628. The van der Waals surface area contributed by atoms with Gasteiger partial charge in [-0.1, -0.05) is 48.5 Å². The quantitative estimate of drug-likeness (QED) is 0.422. The maximum absolute atomic E-state index is 14.0. The Kier molecular flexibility index (Phi) is 5.17. The van der Waals surface area contributed by atoms with Crippen molar-refractivity contribution in [3.8, 4) is 11.3 Å². The molecule has 0 saturated carbocycles. The molecular formula is C24H20FN7. The van der Waals surface area contributed by atoms with Gasteiger partial charge in [0.1, 0.15) is 11.6 Å². The van der Waals surface area contributed by atoms with Crippen LogP contribution in [-0.4, -0.2) is 24.7 Å². The van der Waals surface area contributed by atoms with Crippen molar-refractivity contribution in [2.24, 2.45) is 0 Å². The second-order valence-corrected chi connectivity index (χ2v) is 7.35. The van der Waals surface area contributed by atoms with Crippen LogP contribution in [0.15, 0.2) is 79.1 Å². The predicted octanol–water partition coefficient (Wildman–Crippen LogP) is 4.27. The minimum Gasteiger partial charge on any atom is -0.383 e. The van der Waals surface area contributed by atoms with Gasteiger partial charge in [-0.25, -0.2) is 14.1 Å². The maximum Gasteiger partial charge on any atom is 0.225 e. The number of halogens is 1. The van der Waals surface area contributed by atoms with Gasteiger partial charge in [-0.05, 0) is 29.3 Å². The maximum atomic E-state index is 14.0. The number of pyridine rings is 1. The van der Waals surface area contributed by atoms with Crippen LogP contribution in [0.1, 0.15) is 11.1 Å². The number of aromatic nitrogens is 5. The van der Waals surface area contributed by atoms with Gasteiger partial charge in [-0.3, -0.25) is 4.98 Å². The zero-order chi connectivity index (χ0) is 21.9. The summed E-state index contributed by atoms with van der Waals surface area (Å²) >= 11 is 0. The fraction of sp³-hybridized carbons (Fsp3) is 0.0833. The van der Waals surface area contributed by atoms with Gasteiger partial charge >= 0.3 is 0 Å². The van der Waals surface area contributed by atoms with Crippen LogP contribution >= 0.6 is 0 Å². The van der Waals surface area contributed by atoms with Crippen molar-refractivity contribution in [3.63, 3.8) is 0 Å². The molecule has 0 bridgehead atoms. The number of hydrogen-bond donors (Lipinski definition) is 2. The molecule has 5 aromatic rings. The van der Waals surface area contributed by atoms with Crippen molar-refractivity contribution in [1.29, 1.82) is 0 Å². The number of anilines is 2. The van der Waals surface area contributed by atoms with E-state index in [2.05, 4.69) is 25.4 Å². The van der Waals surface area contributed by atoms with Crippen molar-refractivity contribution in [3.05, 3.63) is 96.1 Å². The molecule has 0 amide bonds. The monoisotopic (exact) mass is 425 g/mol. The average molecular weight is 425 g/mol. The largest absolute Gasteiger partial charge is 0.383 e. The lowest BCUT2D eigenvalue weighted by Gasteiger charge is -2.09. The summed E-state index contributed by atoms with van der Waals surface area (Å²) in [5.41, 5.74) is 10.1. The molecule has 0 radical (unpaired) electrons. The summed E-state index contributed by atoms with van der Waals surface area (Å²) in [6.07, 6.45) is 3.49. The van der Waals surface area contributed by atoms with Gasteiger partial charge < -0.3 is 11.1 Å². The molecule has 3 aromatic heterocycles. The lowest BCUT2D eigenvalue weighted by atomic mass is 10.1. The third kappa shape index (κ3) is 3.98. The van der Waals surface area contributed by atoms with Gasteiger partial charge in [0, 0.05) is 24.5 Å². The van der Waals surface area contributed by atoms with Crippen LogP contribution in [0.2, 0.25) is 0 Å². The van der Waals surface area contributed by atoms with Gasteiger partial charge in [-0.15, -0.1) is 5.10 Å². The number of nitrogen functional groups attached to an aromatic ring is 1. The molecule has 0 spiro atoms. The van der Waals surface area contributed by atoms with E-state index in [-0.39, 0.29) is 5.82 Å². The van der Waals surface area contributed by atoms with E-state index in [1.165, 1.54) is 12.1 Å². The normalized spacial score (nSPS) is 11.0. The SMILES string of the molecule is Nc1c2c(-c3cccc(F)c3)nc(NCc3cccnc3)nc2nn1Cc1ccccc1. The van der Waals surface area contributed by atoms with Crippen LogP contribution in [-0.2, 0) is 13.1 Å². The molecule has 158 valence electrons. The summed E-state index contributed by atoms with van der Waals surface area (Å²) in [5, 5.41) is 8.43. The van der Waals surface area contributed by atoms with E-state index < -0.39 is 0 Å². The summed E-state index contributed by atoms with van der Waals surface area (Å²) in [6, 6.07) is 20.0.